The second kappa shape index (κ2) is 3.82. The first-order chi connectivity index (χ1) is 6.21. The first kappa shape index (κ1) is 15.1. The third-order valence-electron chi connectivity index (χ3n) is 4.94. The lowest BCUT2D eigenvalue weighted by molar-refractivity contribution is 0.256. The molecule has 0 fully saturated rings. The minimum atomic E-state index is 0.371. The van der Waals surface area contributed by atoms with E-state index >= 15 is 0 Å². The van der Waals surface area contributed by atoms with Gasteiger partial charge < -0.3 is 0 Å². The van der Waals surface area contributed by atoms with Crippen LogP contribution in [0.25, 0.3) is 0 Å². The summed E-state index contributed by atoms with van der Waals surface area (Å²) in [7, 11) is 1.27. The predicted molar refractivity (Wildman–Crippen MR) is 74.1 cm³/mol. The molecule has 0 amide bonds. The average molecular weight is 210 g/mol. The second-order valence-corrected chi connectivity index (χ2v) is 8.44. The number of hydrogen-bond donors (Lipinski definition) is 0. The molecule has 0 aromatic heterocycles. The molecule has 0 aromatic carbocycles. The molecule has 0 atom stereocenters. The Morgan fingerprint density at radius 2 is 0.667 bits per heavy atom. The molecule has 0 unspecified atom stereocenters. The van der Waals surface area contributed by atoms with E-state index in [0.717, 1.165) is 0 Å². The highest BCUT2D eigenvalue weighted by Crippen LogP contribution is 2.54. The van der Waals surface area contributed by atoms with Gasteiger partial charge in [0.25, 0.3) is 0 Å². The molecule has 0 saturated carbocycles. The lowest BCUT2D eigenvalue weighted by atomic mass is 9.31. The van der Waals surface area contributed by atoms with E-state index in [-0.39, 0.29) is 0 Å². The van der Waals surface area contributed by atoms with Crippen LogP contribution >= 0.6 is 0 Å². The smallest absolute Gasteiger partial charge is 0.0663 e. The van der Waals surface area contributed by atoms with Gasteiger partial charge in [-0.3, -0.25) is 0 Å². The molecular formula is C14H31B. The highest BCUT2D eigenvalue weighted by Gasteiger charge is 2.43. The molecule has 0 rings (SSSR count). The Labute approximate surface area is 98.5 Å². The maximum atomic E-state index is 2.40. The topological polar surface area (TPSA) is 0 Å². The highest BCUT2D eigenvalue weighted by molar-refractivity contribution is 6.44. The van der Waals surface area contributed by atoms with Crippen molar-refractivity contribution in [2.45, 2.75) is 79.9 Å². The monoisotopic (exact) mass is 210 g/mol. The van der Waals surface area contributed by atoms with Crippen LogP contribution in [0, 0.1) is 10.8 Å². The lowest BCUT2D eigenvalue weighted by Gasteiger charge is -2.48. The third-order valence-corrected chi connectivity index (χ3v) is 4.94. The van der Waals surface area contributed by atoms with Gasteiger partial charge >= 0.3 is 0 Å². The molecule has 90 valence electrons. The first-order valence-electron chi connectivity index (χ1n) is 6.21. The molecule has 0 saturated heterocycles. The fourth-order valence-electron chi connectivity index (χ4n) is 1.64. The van der Waals surface area contributed by atoms with Crippen LogP contribution in [-0.4, -0.2) is 7.28 Å². The van der Waals surface area contributed by atoms with Gasteiger partial charge in [-0.05, 0) is 10.8 Å². The Bertz CT molecular complexity index is 186. The van der Waals surface area contributed by atoms with Crippen LogP contribution < -0.4 is 0 Å². The molecule has 0 nitrogen and oxygen atoms in total. The molecule has 0 heterocycles. The zero-order chi connectivity index (χ0) is 12.7. The van der Waals surface area contributed by atoms with E-state index in [1.165, 1.54) is 7.28 Å². The Morgan fingerprint density at radius 1 is 0.467 bits per heavy atom. The summed E-state index contributed by atoms with van der Waals surface area (Å²) in [6, 6.07) is 0. The zero-order valence-electron chi connectivity index (χ0n) is 12.7. The van der Waals surface area contributed by atoms with Gasteiger partial charge in [0.05, 0.1) is 0 Å². The second-order valence-electron chi connectivity index (χ2n) is 8.44. The van der Waals surface area contributed by atoms with Gasteiger partial charge in [-0.15, -0.1) is 0 Å². The van der Waals surface area contributed by atoms with Gasteiger partial charge in [0, 0.05) is 0 Å². The Hall–Kier alpha value is 0.0649. The summed E-state index contributed by atoms with van der Waals surface area (Å²) >= 11 is 0. The van der Waals surface area contributed by atoms with Crippen molar-refractivity contribution in [2.75, 3.05) is 0 Å². The highest BCUT2D eigenvalue weighted by atomic mass is 14.4. The summed E-state index contributed by atoms with van der Waals surface area (Å²) in [6.45, 7) is 23.7. The van der Waals surface area contributed by atoms with Gasteiger partial charge in [0.15, 0.2) is 0 Å². The van der Waals surface area contributed by atoms with Crippen LogP contribution in [0.5, 0.6) is 0 Å². The summed E-state index contributed by atoms with van der Waals surface area (Å²) in [6.07, 6.45) is 0. The molecule has 0 aromatic rings. The van der Waals surface area contributed by atoms with Crippen LogP contribution in [0.15, 0.2) is 0 Å². The summed E-state index contributed by atoms with van der Waals surface area (Å²) in [5.41, 5.74) is 0.741. The van der Waals surface area contributed by atoms with Crippen molar-refractivity contribution >= 4 is 7.28 Å². The number of rotatable bonds is 2. The zero-order valence-corrected chi connectivity index (χ0v) is 12.7. The minimum absolute atomic E-state index is 0.371. The molecule has 15 heavy (non-hydrogen) atoms. The van der Waals surface area contributed by atoms with Gasteiger partial charge in [-0.1, -0.05) is 79.9 Å². The standard InChI is InChI=1S/C14H31B/c1-11(2,3)13(7,8)15-14(9,10)12(4,5)6/h15H,1-10H3. The average Bonchev–Trinajstić information content (AvgIpc) is 1.77. The maximum absolute atomic E-state index is 2.40. The summed E-state index contributed by atoms with van der Waals surface area (Å²) in [5.74, 6) is 0. The quantitative estimate of drug-likeness (QED) is 0.568. The molecule has 0 aliphatic rings. The van der Waals surface area contributed by atoms with Gasteiger partial charge in [-0.25, -0.2) is 0 Å². The summed E-state index contributed by atoms with van der Waals surface area (Å²) < 4.78 is 0. The van der Waals surface area contributed by atoms with Crippen LogP contribution in [0.3, 0.4) is 0 Å². The Balaban J connectivity index is 4.89. The largest absolute Gasteiger partial charge is 0.135 e. The van der Waals surface area contributed by atoms with E-state index in [0.29, 0.717) is 21.5 Å². The van der Waals surface area contributed by atoms with Gasteiger partial charge in [0.2, 0.25) is 0 Å². The van der Waals surface area contributed by atoms with Crippen LogP contribution in [-0.2, 0) is 0 Å². The summed E-state index contributed by atoms with van der Waals surface area (Å²) in [5, 5.41) is 0.757. The van der Waals surface area contributed by atoms with Gasteiger partial charge in [0.1, 0.15) is 7.28 Å². The van der Waals surface area contributed by atoms with Crippen LogP contribution in [0.2, 0.25) is 10.6 Å². The van der Waals surface area contributed by atoms with E-state index in [2.05, 4.69) is 69.2 Å². The van der Waals surface area contributed by atoms with E-state index in [1.54, 1.807) is 0 Å². The summed E-state index contributed by atoms with van der Waals surface area (Å²) in [4.78, 5) is 0. The van der Waals surface area contributed by atoms with Gasteiger partial charge in [-0.2, -0.15) is 0 Å². The molecule has 0 radical (unpaired) electrons. The van der Waals surface area contributed by atoms with Crippen LogP contribution in [0.1, 0.15) is 69.2 Å². The SMILES string of the molecule is CC(C)(C)C(C)(C)BC(C)(C)C(C)(C)C. The fourth-order valence-corrected chi connectivity index (χ4v) is 1.64. The van der Waals surface area contributed by atoms with Crippen molar-refractivity contribution in [3.8, 4) is 0 Å². The molecular weight excluding hydrogens is 179 g/mol. The maximum Gasteiger partial charge on any atom is 0.135 e. The van der Waals surface area contributed by atoms with Crippen molar-refractivity contribution in [1.29, 1.82) is 0 Å². The van der Waals surface area contributed by atoms with Crippen molar-refractivity contribution < 1.29 is 0 Å². The van der Waals surface area contributed by atoms with Crippen molar-refractivity contribution in [1.82, 2.24) is 0 Å². The van der Waals surface area contributed by atoms with E-state index < -0.39 is 0 Å². The third kappa shape index (κ3) is 3.54. The molecule has 0 aliphatic carbocycles. The molecule has 0 N–H and O–H groups in total. The fraction of sp³-hybridized carbons (Fsp3) is 1.00. The minimum Gasteiger partial charge on any atom is -0.0663 e. The molecule has 0 bridgehead atoms. The normalized spacial score (nSPS) is 15.3. The number of hydrogen-bond acceptors (Lipinski definition) is 0. The molecule has 0 spiro atoms. The Kier molecular flexibility index (Phi) is 3.84. The van der Waals surface area contributed by atoms with Crippen molar-refractivity contribution in [2.24, 2.45) is 10.8 Å². The molecule has 0 aliphatic heterocycles. The van der Waals surface area contributed by atoms with E-state index in [1.807, 2.05) is 0 Å². The molecule has 1 heteroatoms. The first-order valence-corrected chi connectivity index (χ1v) is 6.21. The van der Waals surface area contributed by atoms with Crippen molar-refractivity contribution in [3.05, 3.63) is 0 Å². The van der Waals surface area contributed by atoms with Crippen LogP contribution in [0.4, 0.5) is 0 Å². The van der Waals surface area contributed by atoms with E-state index in [4.69, 9.17) is 0 Å². The Morgan fingerprint density at radius 3 is 0.800 bits per heavy atom. The van der Waals surface area contributed by atoms with Crippen molar-refractivity contribution in [3.63, 3.8) is 0 Å². The van der Waals surface area contributed by atoms with E-state index in [9.17, 15) is 0 Å². The predicted octanol–water partition coefficient (Wildman–Crippen LogP) is 4.91. The lowest BCUT2D eigenvalue weighted by Crippen LogP contribution is -2.39.